The van der Waals surface area contributed by atoms with Gasteiger partial charge in [0.1, 0.15) is 5.60 Å². The maximum atomic E-state index is 12.3. The zero-order chi connectivity index (χ0) is 15.2. The maximum absolute atomic E-state index is 12.3. The van der Waals surface area contributed by atoms with Gasteiger partial charge in [-0.15, -0.1) is 0 Å². The van der Waals surface area contributed by atoms with E-state index < -0.39 is 18.1 Å². The highest BCUT2D eigenvalue weighted by Gasteiger charge is 2.14. The van der Waals surface area contributed by atoms with Crippen LogP contribution in [0.5, 0.6) is 0 Å². The molecule has 1 amide bonds. The normalized spacial score (nSPS) is 10.7. The molecule has 3 nitrogen and oxygen atoms in total. The fourth-order valence-corrected chi connectivity index (χ4v) is 1.29. The van der Waals surface area contributed by atoms with Crippen LogP contribution in [0.2, 0.25) is 0 Å². The van der Waals surface area contributed by atoms with Crippen molar-refractivity contribution in [1.82, 2.24) is 5.32 Å². The van der Waals surface area contributed by atoms with Gasteiger partial charge in [-0.2, -0.15) is 0 Å². The molecule has 0 aliphatic rings. The Kier molecular flexibility index (Phi) is 5.51. The van der Waals surface area contributed by atoms with Crippen LogP contribution in [0.4, 0.5) is 13.6 Å². The highest BCUT2D eigenvalue weighted by Crippen LogP contribution is 2.18. The highest BCUT2D eigenvalue weighted by atomic mass is 19.3. The first-order valence-corrected chi connectivity index (χ1v) is 6.12. The first-order valence-electron chi connectivity index (χ1n) is 6.12. The summed E-state index contributed by atoms with van der Waals surface area (Å²) in [5, 5.41) is 2.48. The van der Waals surface area contributed by atoms with Gasteiger partial charge in [0.15, 0.2) is 0 Å². The van der Waals surface area contributed by atoms with Gasteiger partial charge in [-0.1, -0.05) is 24.0 Å². The van der Waals surface area contributed by atoms with Gasteiger partial charge in [-0.05, 0) is 32.9 Å². The van der Waals surface area contributed by atoms with E-state index in [0.717, 1.165) is 0 Å². The van der Waals surface area contributed by atoms with Crippen molar-refractivity contribution >= 4 is 6.09 Å². The van der Waals surface area contributed by atoms with E-state index in [9.17, 15) is 13.6 Å². The Labute approximate surface area is 117 Å². The number of halogens is 2. The van der Waals surface area contributed by atoms with Crippen molar-refractivity contribution in [3.05, 3.63) is 35.4 Å². The lowest BCUT2D eigenvalue weighted by Crippen LogP contribution is -2.32. The number of amides is 1. The molecule has 0 aliphatic heterocycles. The molecule has 108 valence electrons. The summed E-state index contributed by atoms with van der Waals surface area (Å²) < 4.78 is 29.7. The molecule has 0 aliphatic carbocycles. The molecule has 0 radical (unpaired) electrons. The number of benzene rings is 1. The molecular weight excluding hydrogens is 264 g/mol. The Morgan fingerprint density at radius 2 is 1.90 bits per heavy atom. The lowest BCUT2D eigenvalue weighted by atomic mass is 10.1. The number of hydrogen-bond donors (Lipinski definition) is 1. The third-order valence-corrected chi connectivity index (χ3v) is 2.12. The van der Waals surface area contributed by atoms with E-state index in [1.807, 2.05) is 0 Å². The number of alkyl halides is 2. The monoisotopic (exact) mass is 281 g/mol. The van der Waals surface area contributed by atoms with Gasteiger partial charge in [0.25, 0.3) is 6.43 Å². The minimum absolute atomic E-state index is 0.0394. The van der Waals surface area contributed by atoms with Gasteiger partial charge in [-0.25, -0.2) is 13.6 Å². The molecule has 1 rings (SSSR count). The van der Waals surface area contributed by atoms with Crippen molar-refractivity contribution in [1.29, 1.82) is 0 Å². The van der Waals surface area contributed by atoms with Crippen molar-refractivity contribution in [3.63, 3.8) is 0 Å². The van der Waals surface area contributed by atoms with Crippen LogP contribution in [0, 0.1) is 11.8 Å². The molecule has 0 fully saturated rings. The summed E-state index contributed by atoms with van der Waals surface area (Å²) in [6.07, 6.45) is -3.02. The average molecular weight is 281 g/mol. The van der Waals surface area contributed by atoms with Gasteiger partial charge in [0.2, 0.25) is 0 Å². The molecule has 0 spiro atoms. The predicted molar refractivity (Wildman–Crippen MR) is 72.5 cm³/mol. The first kappa shape index (κ1) is 16.0. The fraction of sp³-hybridized carbons (Fsp3) is 0.400. The number of carbonyl (C=O) groups excluding carboxylic acids is 1. The number of rotatable bonds is 2. The molecule has 5 heteroatoms. The minimum Gasteiger partial charge on any atom is -0.444 e. The molecule has 1 N–H and O–H groups in total. The number of carbonyl (C=O) groups is 1. The Balaban J connectivity index is 2.45. The fourth-order valence-electron chi connectivity index (χ4n) is 1.29. The Morgan fingerprint density at radius 1 is 1.30 bits per heavy atom. The van der Waals surface area contributed by atoms with Crippen LogP contribution in [0.3, 0.4) is 0 Å². The van der Waals surface area contributed by atoms with Crippen molar-refractivity contribution in [3.8, 4) is 11.8 Å². The first-order chi connectivity index (χ1) is 9.28. The molecule has 0 atom stereocenters. The molecule has 0 unspecified atom stereocenters. The lowest BCUT2D eigenvalue weighted by molar-refractivity contribution is 0.0535. The number of alkyl carbamates (subject to hydrolysis) is 1. The van der Waals surface area contributed by atoms with Gasteiger partial charge in [0, 0.05) is 11.1 Å². The molecule has 0 heterocycles. The summed E-state index contributed by atoms with van der Waals surface area (Å²) in [5.74, 6) is 5.48. The van der Waals surface area contributed by atoms with Crippen molar-refractivity contribution in [2.45, 2.75) is 32.8 Å². The molecular formula is C15H17F2NO2. The summed E-state index contributed by atoms with van der Waals surface area (Å²) in [7, 11) is 0. The molecule has 0 bridgehead atoms. The van der Waals surface area contributed by atoms with Gasteiger partial charge in [0.05, 0.1) is 6.54 Å². The minimum atomic E-state index is -2.48. The summed E-state index contributed by atoms with van der Waals surface area (Å²) >= 11 is 0. The van der Waals surface area contributed by atoms with Crippen LogP contribution >= 0.6 is 0 Å². The van der Waals surface area contributed by atoms with E-state index in [1.165, 1.54) is 24.3 Å². The van der Waals surface area contributed by atoms with Gasteiger partial charge < -0.3 is 10.1 Å². The topological polar surface area (TPSA) is 38.3 Å². The molecule has 1 aromatic carbocycles. The van der Waals surface area contributed by atoms with Crippen LogP contribution in [-0.4, -0.2) is 18.2 Å². The van der Waals surface area contributed by atoms with E-state index in [0.29, 0.717) is 5.56 Å². The second-order valence-corrected chi connectivity index (χ2v) is 5.08. The van der Waals surface area contributed by atoms with Crippen molar-refractivity contribution < 1.29 is 18.3 Å². The highest BCUT2D eigenvalue weighted by molar-refractivity contribution is 5.68. The summed E-state index contributed by atoms with van der Waals surface area (Å²) in [4.78, 5) is 11.3. The van der Waals surface area contributed by atoms with Gasteiger partial charge >= 0.3 is 6.09 Å². The van der Waals surface area contributed by atoms with Crippen LogP contribution in [0.25, 0.3) is 0 Å². The third kappa shape index (κ3) is 6.19. The molecule has 0 saturated heterocycles. The Bertz CT molecular complexity index is 507. The van der Waals surface area contributed by atoms with Crippen molar-refractivity contribution in [2.24, 2.45) is 0 Å². The summed E-state index contributed by atoms with van der Waals surface area (Å²) in [5.41, 5.74) is 0.0191. The molecule has 1 aromatic rings. The molecule has 0 saturated carbocycles. The van der Waals surface area contributed by atoms with Crippen LogP contribution in [0.1, 0.15) is 38.3 Å². The van der Waals surface area contributed by atoms with E-state index in [2.05, 4.69) is 17.2 Å². The number of hydrogen-bond acceptors (Lipinski definition) is 2. The average Bonchev–Trinajstić information content (AvgIpc) is 2.33. The second-order valence-electron chi connectivity index (χ2n) is 5.08. The van der Waals surface area contributed by atoms with Crippen molar-refractivity contribution in [2.75, 3.05) is 6.54 Å². The zero-order valence-electron chi connectivity index (χ0n) is 11.7. The SMILES string of the molecule is CC(C)(C)OC(=O)NCC#Cc1ccc(C(F)F)cc1. The van der Waals surface area contributed by atoms with Crippen LogP contribution < -0.4 is 5.32 Å². The standard InChI is InChI=1S/C15H17F2NO2/c1-15(2,3)20-14(19)18-10-4-5-11-6-8-12(9-7-11)13(16)17/h6-9,13H,10H2,1-3H3,(H,18,19). The Morgan fingerprint density at radius 3 is 2.40 bits per heavy atom. The zero-order valence-corrected chi connectivity index (χ0v) is 11.7. The maximum Gasteiger partial charge on any atom is 0.408 e. The molecule has 20 heavy (non-hydrogen) atoms. The summed E-state index contributed by atoms with van der Waals surface area (Å²) in [6.45, 7) is 5.43. The number of ether oxygens (including phenoxy) is 1. The number of nitrogens with one attached hydrogen (secondary N) is 1. The van der Waals surface area contributed by atoms with E-state index >= 15 is 0 Å². The van der Waals surface area contributed by atoms with Crippen LogP contribution in [0.15, 0.2) is 24.3 Å². The largest absolute Gasteiger partial charge is 0.444 e. The quantitative estimate of drug-likeness (QED) is 0.843. The van der Waals surface area contributed by atoms with E-state index in [4.69, 9.17) is 4.74 Å². The van der Waals surface area contributed by atoms with E-state index in [1.54, 1.807) is 20.8 Å². The van der Waals surface area contributed by atoms with E-state index in [-0.39, 0.29) is 12.1 Å². The smallest absolute Gasteiger partial charge is 0.408 e. The third-order valence-electron chi connectivity index (χ3n) is 2.12. The lowest BCUT2D eigenvalue weighted by Gasteiger charge is -2.18. The Hall–Kier alpha value is -2.09. The predicted octanol–water partition coefficient (Wildman–Crippen LogP) is 3.50. The van der Waals surface area contributed by atoms with Crippen LogP contribution in [-0.2, 0) is 4.74 Å². The molecule has 0 aromatic heterocycles. The summed E-state index contributed by atoms with van der Waals surface area (Å²) in [6, 6.07) is 5.69. The second kappa shape index (κ2) is 6.90. The van der Waals surface area contributed by atoms with Gasteiger partial charge in [-0.3, -0.25) is 0 Å².